The predicted octanol–water partition coefficient (Wildman–Crippen LogP) is 2.65. The molecule has 0 unspecified atom stereocenters. The molecule has 0 radical (unpaired) electrons. The van der Waals surface area contributed by atoms with Crippen molar-refractivity contribution in [2.45, 2.75) is 6.92 Å². The summed E-state index contributed by atoms with van der Waals surface area (Å²) in [5.74, 6) is 0.992. The number of aryl methyl sites for hydroxylation is 2. The average molecular weight is 239 g/mol. The number of aromatic hydroxyl groups is 1. The minimum atomic E-state index is 0.243. The summed E-state index contributed by atoms with van der Waals surface area (Å²) in [6.07, 6.45) is 3.49. The van der Waals surface area contributed by atoms with E-state index in [1.165, 1.54) is 0 Å². The fourth-order valence-corrected chi connectivity index (χ4v) is 2.10. The third kappa shape index (κ3) is 1.54. The molecule has 1 aromatic carbocycles. The zero-order valence-electron chi connectivity index (χ0n) is 10.3. The van der Waals surface area contributed by atoms with E-state index in [0.29, 0.717) is 0 Å². The van der Waals surface area contributed by atoms with Crippen LogP contribution in [0.1, 0.15) is 5.56 Å². The molecule has 2 aromatic heterocycles. The van der Waals surface area contributed by atoms with Crippen LogP contribution >= 0.6 is 0 Å². The van der Waals surface area contributed by atoms with Crippen molar-refractivity contribution in [2.24, 2.45) is 7.05 Å². The third-order valence-corrected chi connectivity index (χ3v) is 3.08. The monoisotopic (exact) mass is 239 g/mol. The molecule has 0 atom stereocenters. The Balaban J connectivity index is 2.31. The molecule has 0 fully saturated rings. The number of imidazole rings is 1. The van der Waals surface area contributed by atoms with Crippen molar-refractivity contribution >= 4 is 11.0 Å². The molecule has 4 nitrogen and oxygen atoms in total. The highest BCUT2D eigenvalue weighted by atomic mass is 16.3. The van der Waals surface area contributed by atoms with Crippen LogP contribution in [0, 0.1) is 6.92 Å². The molecule has 0 aliphatic rings. The van der Waals surface area contributed by atoms with Crippen molar-refractivity contribution in [1.29, 1.82) is 0 Å². The van der Waals surface area contributed by atoms with Gasteiger partial charge in [0.2, 0.25) is 0 Å². The molecule has 3 rings (SSSR count). The molecule has 2 heterocycles. The highest BCUT2D eigenvalue weighted by Gasteiger charge is 2.13. The smallest absolute Gasteiger partial charge is 0.144 e. The van der Waals surface area contributed by atoms with E-state index in [2.05, 4.69) is 9.97 Å². The Morgan fingerprint density at radius 2 is 2.06 bits per heavy atom. The summed E-state index contributed by atoms with van der Waals surface area (Å²) < 4.78 is 1.94. The molecule has 0 aliphatic heterocycles. The van der Waals surface area contributed by atoms with E-state index < -0.39 is 0 Å². The number of hydrogen-bond donors (Lipinski definition) is 1. The number of fused-ring (bicyclic) bond motifs is 1. The first-order chi connectivity index (χ1) is 8.66. The highest BCUT2D eigenvalue weighted by Crippen LogP contribution is 2.30. The van der Waals surface area contributed by atoms with Crippen LogP contribution in [-0.4, -0.2) is 19.6 Å². The minimum Gasteiger partial charge on any atom is -0.507 e. The Labute approximate surface area is 105 Å². The molecule has 4 heteroatoms. The lowest BCUT2D eigenvalue weighted by Gasteiger charge is -2.05. The van der Waals surface area contributed by atoms with Crippen LogP contribution < -0.4 is 0 Å². The molecular weight excluding hydrogens is 226 g/mol. The van der Waals surface area contributed by atoms with Crippen molar-refractivity contribution in [1.82, 2.24) is 14.5 Å². The second-order valence-electron chi connectivity index (χ2n) is 4.38. The summed E-state index contributed by atoms with van der Waals surface area (Å²) in [7, 11) is 1.92. The van der Waals surface area contributed by atoms with Crippen LogP contribution in [-0.2, 0) is 7.05 Å². The Morgan fingerprint density at radius 1 is 1.22 bits per heavy atom. The van der Waals surface area contributed by atoms with Gasteiger partial charge < -0.3 is 9.67 Å². The molecule has 0 aliphatic carbocycles. The number of benzene rings is 1. The van der Waals surface area contributed by atoms with Gasteiger partial charge in [0, 0.05) is 13.2 Å². The van der Waals surface area contributed by atoms with Crippen LogP contribution in [0.15, 0.2) is 36.7 Å². The van der Waals surface area contributed by atoms with Gasteiger partial charge in [-0.1, -0.05) is 11.6 Å². The molecule has 3 aromatic rings. The molecule has 1 N–H and O–H groups in total. The summed E-state index contributed by atoms with van der Waals surface area (Å²) in [6, 6.07) is 7.38. The maximum atomic E-state index is 9.97. The molecule has 0 amide bonds. The van der Waals surface area contributed by atoms with Crippen LogP contribution in [0.5, 0.6) is 5.75 Å². The van der Waals surface area contributed by atoms with E-state index in [4.69, 9.17) is 0 Å². The summed E-state index contributed by atoms with van der Waals surface area (Å²) >= 11 is 0. The normalized spacial score (nSPS) is 11.0. The summed E-state index contributed by atoms with van der Waals surface area (Å²) in [6.45, 7) is 1.99. The van der Waals surface area contributed by atoms with Crippen LogP contribution in [0.25, 0.3) is 22.4 Å². The quantitative estimate of drug-likeness (QED) is 0.710. The van der Waals surface area contributed by atoms with Gasteiger partial charge in [0.1, 0.15) is 11.6 Å². The number of pyridine rings is 1. The number of rotatable bonds is 1. The van der Waals surface area contributed by atoms with E-state index in [1.54, 1.807) is 18.5 Å². The van der Waals surface area contributed by atoms with Crippen molar-refractivity contribution in [3.8, 4) is 17.1 Å². The Morgan fingerprint density at radius 3 is 2.83 bits per heavy atom. The maximum Gasteiger partial charge on any atom is 0.144 e. The van der Waals surface area contributed by atoms with Gasteiger partial charge in [0.15, 0.2) is 0 Å². The number of nitrogens with zero attached hydrogens (tertiary/aromatic N) is 3. The minimum absolute atomic E-state index is 0.243. The van der Waals surface area contributed by atoms with E-state index in [-0.39, 0.29) is 5.75 Å². The largest absolute Gasteiger partial charge is 0.507 e. The summed E-state index contributed by atoms with van der Waals surface area (Å²) in [5, 5.41) is 9.97. The average Bonchev–Trinajstić information content (AvgIpc) is 2.71. The van der Waals surface area contributed by atoms with Gasteiger partial charge in [0.25, 0.3) is 0 Å². The van der Waals surface area contributed by atoms with Crippen LogP contribution in [0.2, 0.25) is 0 Å². The first-order valence-electron chi connectivity index (χ1n) is 5.73. The lowest BCUT2D eigenvalue weighted by molar-refractivity contribution is 0.476. The second-order valence-corrected chi connectivity index (χ2v) is 4.38. The number of phenolic OH excluding ortho intramolecular Hbond substituents is 1. The number of hydrogen-bond acceptors (Lipinski definition) is 3. The van der Waals surface area contributed by atoms with Crippen molar-refractivity contribution in [2.75, 3.05) is 0 Å². The lowest BCUT2D eigenvalue weighted by atomic mass is 10.1. The maximum absolute atomic E-state index is 9.97. The van der Waals surface area contributed by atoms with Crippen LogP contribution in [0.4, 0.5) is 0 Å². The van der Waals surface area contributed by atoms with E-state index >= 15 is 0 Å². The van der Waals surface area contributed by atoms with E-state index in [9.17, 15) is 5.11 Å². The Kier molecular flexibility index (Phi) is 2.30. The summed E-state index contributed by atoms with van der Waals surface area (Å²) in [5.41, 5.74) is 3.67. The highest BCUT2D eigenvalue weighted by molar-refractivity contribution is 5.81. The fraction of sp³-hybridized carbons (Fsp3) is 0.143. The zero-order valence-corrected chi connectivity index (χ0v) is 10.3. The van der Waals surface area contributed by atoms with Gasteiger partial charge in [-0.05, 0) is 25.1 Å². The molecule has 0 bridgehead atoms. The molecular formula is C14H13N3O. The molecule has 0 spiro atoms. The van der Waals surface area contributed by atoms with E-state index in [0.717, 1.165) is 28.0 Å². The molecule has 0 saturated heterocycles. The third-order valence-electron chi connectivity index (χ3n) is 3.08. The summed E-state index contributed by atoms with van der Waals surface area (Å²) in [4.78, 5) is 8.64. The topological polar surface area (TPSA) is 50.9 Å². The van der Waals surface area contributed by atoms with Gasteiger partial charge in [-0.3, -0.25) is 4.98 Å². The first kappa shape index (κ1) is 10.8. The molecule has 90 valence electrons. The predicted molar refractivity (Wildman–Crippen MR) is 70.3 cm³/mol. The van der Waals surface area contributed by atoms with Crippen molar-refractivity contribution in [3.63, 3.8) is 0 Å². The van der Waals surface area contributed by atoms with Gasteiger partial charge >= 0.3 is 0 Å². The Bertz CT molecular complexity index is 731. The zero-order chi connectivity index (χ0) is 12.7. The molecule has 18 heavy (non-hydrogen) atoms. The van der Waals surface area contributed by atoms with Crippen LogP contribution in [0.3, 0.4) is 0 Å². The number of aromatic nitrogens is 3. The van der Waals surface area contributed by atoms with Gasteiger partial charge in [-0.25, -0.2) is 4.98 Å². The lowest BCUT2D eigenvalue weighted by Crippen LogP contribution is -1.93. The fourth-order valence-electron chi connectivity index (χ4n) is 2.10. The van der Waals surface area contributed by atoms with Crippen molar-refractivity contribution < 1.29 is 5.11 Å². The van der Waals surface area contributed by atoms with E-state index in [1.807, 2.05) is 36.7 Å². The first-order valence-corrected chi connectivity index (χ1v) is 5.73. The number of phenols is 1. The van der Waals surface area contributed by atoms with Gasteiger partial charge in [-0.2, -0.15) is 0 Å². The van der Waals surface area contributed by atoms with Gasteiger partial charge in [0.05, 0.1) is 22.8 Å². The second kappa shape index (κ2) is 3.84. The SMILES string of the molecule is Cc1ccc(O)c(-c2nc3ccncc3n2C)c1. The standard InChI is InChI=1S/C14H13N3O/c1-9-3-4-13(18)10(7-9)14-16-11-5-6-15-8-12(11)17(14)2/h3-8,18H,1-2H3. The van der Waals surface area contributed by atoms with Gasteiger partial charge in [-0.15, -0.1) is 0 Å². The van der Waals surface area contributed by atoms with Crippen molar-refractivity contribution in [3.05, 3.63) is 42.2 Å². The molecule has 0 saturated carbocycles. The Hall–Kier alpha value is -2.36.